The summed E-state index contributed by atoms with van der Waals surface area (Å²) in [6.07, 6.45) is 8.69. The van der Waals surface area contributed by atoms with E-state index in [0.29, 0.717) is 5.92 Å². The molecule has 0 aromatic heterocycles. The highest BCUT2D eigenvalue weighted by Crippen LogP contribution is 2.54. The first-order chi connectivity index (χ1) is 32.6. The molecular formula is C64H60N2O. The van der Waals surface area contributed by atoms with E-state index in [2.05, 4.69) is 198 Å². The minimum absolute atomic E-state index is 0.0135. The molecule has 3 nitrogen and oxygen atoms in total. The number of unbranched alkanes of at least 4 members (excludes halogenated alkanes) is 1. The minimum Gasteiger partial charge on any atom is -0.453 e. The molecule has 67 heavy (non-hydrogen) atoms. The van der Waals surface area contributed by atoms with Gasteiger partial charge in [0, 0.05) is 11.1 Å². The predicted octanol–water partition coefficient (Wildman–Crippen LogP) is 18.1. The Morgan fingerprint density at radius 2 is 1.25 bits per heavy atom. The normalized spacial score (nSPS) is 14.2. The summed E-state index contributed by atoms with van der Waals surface area (Å²) in [5, 5.41) is 8.64. The Balaban J connectivity index is 0.000000384. The monoisotopic (exact) mass is 872 g/mol. The van der Waals surface area contributed by atoms with Crippen molar-refractivity contribution in [1.29, 1.82) is 5.26 Å². The molecule has 3 aliphatic rings. The Kier molecular flexibility index (Phi) is 11.9. The maximum absolute atomic E-state index is 8.64. The van der Waals surface area contributed by atoms with Crippen LogP contribution < -0.4 is 9.64 Å². The maximum Gasteiger partial charge on any atom is 0.152 e. The lowest BCUT2D eigenvalue weighted by atomic mass is 9.81. The third kappa shape index (κ3) is 8.47. The second-order valence-corrected chi connectivity index (χ2v) is 19.6. The zero-order chi connectivity index (χ0) is 46.2. The molecule has 1 aliphatic heterocycles. The zero-order valence-electron chi connectivity index (χ0n) is 39.9. The lowest BCUT2D eigenvalue weighted by Crippen LogP contribution is -2.16. The fourth-order valence-corrected chi connectivity index (χ4v) is 10.9. The molecular weight excluding hydrogens is 813 g/mol. The number of anilines is 3. The van der Waals surface area contributed by atoms with E-state index in [4.69, 9.17) is 10.00 Å². The van der Waals surface area contributed by atoms with Gasteiger partial charge in [0.2, 0.25) is 0 Å². The van der Waals surface area contributed by atoms with Crippen LogP contribution in [0.15, 0.2) is 164 Å². The van der Waals surface area contributed by atoms with E-state index < -0.39 is 0 Å². The first-order valence-electron chi connectivity index (χ1n) is 24.4. The van der Waals surface area contributed by atoms with E-state index >= 15 is 0 Å². The Morgan fingerprint density at radius 3 is 1.99 bits per heavy atom. The van der Waals surface area contributed by atoms with Crippen molar-refractivity contribution in [3.8, 4) is 62.1 Å². The number of fused-ring (bicyclic) bond motifs is 5. The smallest absolute Gasteiger partial charge is 0.152 e. The molecule has 0 atom stereocenters. The van der Waals surface area contributed by atoms with Crippen LogP contribution in [0.5, 0.6) is 11.5 Å². The average molecular weight is 873 g/mol. The Labute approximate surface area is 398 Å². The van der Waals surface area contributed by atoms with Gasteiger partial charge in [-0.1, -0.05) is 149 Å². The SMILES string of the molecule is CCCCc1cccc(C#N)c1.Cc1cccc(-c2ccc3c(c2)Oc2cc(-c4ccc(C)c(-c5cc6c(cc5C)C(C)(C)c5ccccc5-6)c4)ccc2N3c2cccc(C3CCCC3)c2)c1. The number of nitriles is 1. The number of aryl methyl sites for hydroxylation is 4. The van der Waals surface area contributed by atoms with Crippen LogP contribution in [0.3, 0.4) is 0 Å². The molecule has 8 aromatic carbocycles. The van der Waals surface area contributed by atoms with Gasteiger partial charge < -0.3 is 9.64 Å². The van der Waals surface area contributed by atoms with Crippen LogP contribution in [0, 0.1) is 32.1 Å². The second kappa shape index (κ2) is 18.3. The van der Waals surface area contributed by atoms with Gasteiger partial charge in [-0.15, -0.1) is 0 Å². The molecule has 1 fully saturated rings. The number of hydrogen-bond donors (Lipinski definition) is 0. The summed E-state index contributed by atoms with van der Waals surface area (Å²) in [5.74, 6) is 2.38. The molecule has 0 radical (unpaired) electrons. The van der Waals surface area contributed by atoms with Gasteiger partial charge >= 0.3 is 0 Å². The van der Waals surface area contributed by atoms with Gasteiger partial charge in [-0.05, 0) is 191 Å². The second-order valence-electron chi connectivity index (χ2n) is 19.6. The number of benzene rings is 8. The van der Waals surface area contributed by atoms with Gasteiger partial charge in [-0.3, -0.25) is 0 Å². The first-order valence-corrected chi connectivity index (χ1v) is 24.4. The van der Waals surface area contributed by atoms with Crippen LogP contribution in [0.4, 0.5) is 17.1 Å². The van der Waals surface area contributed by atoms with Gasteiger partial charge in [0.15, 0.2) is 11.5 Å². The van der Waals surface area contributed by atoms with Crippen LogP contribution in [-0.4, -0.2) is 0 Å². The zero-order valence-corrected chi connectivity index (χ0v) is 39.9. The van der Waals surface area contributed by atoms with Crippen LogP contribution in [0.2, 0.25) is 0 Å². The molecule has 0 amide bonds. The summed E-state index contributed by atoms with van der Waals surface area (Å²) in [4.78, 5) is 2.41. The third-order valence-electron chi connectivity index (χ3n) is 14.6. The van der Waals surface area contributed by atoms with Gasteiger partial charge in [0.25, 0.3) is 0 Å². The Bertz CT molecular complexity index is 3190. The molecule has 0 N–H and O–H groups in total. The van der Waals surface area contributed by atoms with E-state index in [0.717, 1.165) is 46.0 Å². The van der Waals surface area contributed by atoms with Gasteiger partial charge in [0.05, 0.1) is 23.0 Å². The number of hydrogen-bond acceptors (Lipinski definition) is 3. The molecule has 3 heteroatoms. The van der Waals surface area contributed by atoms with E-state index in [9.17, 15) is 0 Å². The van der Waals surface area contributed by atoms with Crippen molar-refractivity contribution < 1.29 is 4.74 Å². The van der Waals surface area contributed by atoms with Gasteiger partial charge in [-0.2, -0.15) is 5.26 Å². The van der Waals surface area contributed by atoms with Gasteiger partial charge in [0.1, 0.15) is 0 Å². The number of ether oxygens (including phenoxy) is 1. The van der Waals surface area contributed by atoms with Crippen LogP contribution in [0.1, 0.15) is 110 Å². The topological polar surface area (TPSA) is 36.3 Å². The van der Waals surface area contributed by atoms with Crippen molar-refractivity contribution >= 4 is 17.1 Å². The maximum atomic E-state index is 8.64. The summed E-state index contributed by atoms with van der Waals surface area (Å²) in [6.45, 7) is 13.5. The summed E-state index contributed by atoms with van der Waals surface area (Å²) in [7, 11) is 0. The summed E-state index contributed by atoms with van der Waals surface area (Å²) in [5.41, 5.74) is 23.4. The molecule has 0 unspecified atom stereocenters. The highest BCUT2D eigenvalue weighted by Gasteiger charge is 2.36. The predicted molar refractivity (Wildman–Crippen MR) is 280 cm³/mol. The van der Waals surface area contributed by atoms with Crippen LogP contribution in [0.25, 0.3) is 44.5 Å². The Morgan fingerprint density at radius 1 is 0.582 bits per heavy atom. The molecule has 8 aromatic rings. The third-order valence-corrected chi connectivity index (χ3v) is 14.6. The average Bonchev–Trinajstić information content (AvgIpc) is 3.97. The van der Waals surface area contributed by atoms with Crippen LogP contribution >= 0.6 is 0 Å². The molecule has 11 rings (SSSR count). The molecule has 332 valence electrons. The van der Waals surface area contributed by atoms with E-state index in [-0.39, 0.29) is 5.41 Å². The lowest BCUT2D eigenvalue weighted by molar-refractivity contribution is 0.477. The standard InChI is InChI=1S/C53H47NO.C11H13N/c1-33-12-10-15-37(26-33)40-22-24-49-51(30-40)55-52-31-41(23-25-50(52)54(49)42-17-11-16-38(28-42)36-13-6-7-14-36)39-21-20-34(2)44(29-39)45-32-46-43-18-8-9-19-47(43)53(4,5)48(46)27-35(45)3;1-2-3-5-10-6-4-7-11(8-10)9-12/h8-12,15-32,36H,6-7,13-14H2,1-5H3;4,6-8H,2-3,5H2,1H3. The summed E-state index contributed by atoms with van der Waals surface area (Å²) >= 11 is 0. The van der Waals surface area contributed by atoms with Crippen molar-refractivity contribution in [3.63, 3.8) is 0 Å². The molecule has 0 saturated heterocycles. The van der Waals surface area contributed by atoms with Crippen LogP contribution in [-0.2, 0) is 11.8 Å². The highest BCUT2D eigenvalue weighted by molar-refractivity contribution is 5.91. The van der Waals surface area contributed by atoms with Crippen molar-refractivity contribution in [2.24, 2.45) is 0 Å². The molecule has 1 heterocycles. The summed E-state index contributed by atoms with van der Waals surface area (Å²) in [6, 6.07) is 62.1. The molecule has 0 spiro atoms. The fraction of sp³-hybridized carbons (Fsp3) is 0.234. The van der Waals surface area contributed by atoms with E-state index in [1.54, 1.807) is 0 Å². The molecule has 1 saturated carbocycles. The minimum atomic E-state index is -0.0135. The largest absolute Gasteiger partial charge is 0.453 e. The van der Waals surface area contributed by atoms with E-state index in [1.165, 1.54) is 117 Å². The van der Waals surface area contributed by atoms with Crippen molar-refractivity contribution in [2.45, 2.75) is 97.8 Å². The van der Waals surface area contributed by atoms with Crippen molar-refractivity contribution in [1.82, 2.24) is 0 Å². The fourth-order valence-electron chi connectivity index (χ4n) is 10.9. The summed E-state index contributed by atoms with van der Waals surface area (Å²) < 4.78 is 6.93. The molecule has 0 bridgehead atoms. The number of nitrogens with zero attached hydrogens (tertiary/aromatic N) is 2. The van der Waals surface area contributed by atoms with Crippen molar-refractivity contribution in [3.05, 3.63) is 208 Å². The number of rotatable bonds is 8. The van der Waals surface area contributed by atoms with E-state index in [1.807, 2.05) is 18.2 Å². The molecule has 2 aliphatic carbocycles. The lowest BCUT2D eigenvalue weighted by Gasteiger charge is -2.34. The quantitative estimate of drug-likeness (QED) is 0.153. The Hall–Kier alpha value is -7.15. The first kappa shape index (κ1) is 43.7. The highest BCUT2D eigenvalue weighted by atomic mass is 16.5. The van der Waals surface area contributed by atoms with Crippen molar-refractivity contribution in [2.75, 3.05) is 4.90 Å². The van der Waals surface area contributed by atoms with Gasteiger partial charge in [-0.25, -0.2) is 0 Å².